The molecule has 1 atom stereocenters. The quantitative estimate of drug-likeness (QED) is 0.838. The molecular formula is C17H23N3O4. The number of ether oxygens (including phenoxy) is 2. The van der Waals surface area contributed by atoms with Crippen LogP contribution in [0.25, 0.3) is 0 Å². The van der Waals surface area contributed by atoms with E-state index in [0.29, 0.717) is 57.2 Å². The van der Waals surface area contributed by atoms with Gasteiger partial charge in [-0.3, -0.25) is 9.59 Å². The molecule has 2 N–H and O–H groups in total. The molecule has 7 heteroatoms. The van der Waals surface area contributed by atoms with Crippen molar-refractivity contribution in [3.05, 3.63) is 29.8 Å². The van der Waals surface area contributed by atoms with E-state index in [1.54, 1.807) is 29.2 Å². The maximum absolute atomic E-state index is 12.4. The number of anilines is 1. The zero-order valence-corrected chi connectivity index (χ0v) is 13.6. The van der Waals surface area contributed by atoms with Crippen molar-refractivity contribution in [2.24, 2.45) is 0 Å². The first-order valence-corrected chi connectivity index (χ1v) is 8.30. The molecule has 1 unspecified atom stereocenters. The third-order valence-corrected chi connectivity index (χ3v) is 4.14. The monoisotopic (exact) mass is 333 g/mol. The first kappa shape index (κ1) is 16.9. The van der Waals surface area contributed by atoms with E-state index in [0.717, 1.165) is 6.54 Å². The van der Waals surface area contributed by atoms with Crippen LogP contribution in [0.4, 0.5) is 5.69 Å². The Kier molecular flexibility index (Phi) is 5.79. The average Bonchev–Trinajstić information content (AvgIpc) is 2.63. The summed E-state index contributed by atoms with van der Waals surface area (Å²) in [4.78, 5) is 26.2. The molecule has 0 spiro atoms. The number of hydrogen-bond acceptors (Lipinski definition) is 5. The Bertz CT molecular complexity index is 564. The molecule has 0 aliphatic carbocycles. The van der Waals surface area contributed by atoms with Crippen LogP contribution in [0.5, 0.6) is 0 Å². The third-order valence-electron chi connectivity index (χ3n) is 4.14. The Morgan fingerprint density at radius 2 is 1.88 bits per heavy atom. The first-order chi connectivity index (χ1) is 11.7. The zero-order valence-electron chi connectivity index (χ0n) is 13.6. The summed E-state index contributed by atoms with van der Waals surface area (Å²) in [6.07, 6.45) is 0.370. The molecule has 0 bridgehead atoms. The van der Waals surface area contributed by atoms with Crippen LogP contribution in [-0.2, 0) is 14.3 Å². The summed E-state index contributed by atoms with van der Waals surface area (Å²) in [5, 5.41) is 6.11. The van der Waals surface area contributed by atoms with Crippen molar-refractivity contribution in [3.8, 4) is 0 Å². The molecule has 2 heterocycles. The van der Waals surface area contributed by atoms with Crippen molar-refractivity contribution in [1.29, 1.82) is 0 Å². The van der Waals surface area contributed by atoms with Gasteiger partial charge in [-0.15, -0.1) is 0 Å². The van der Waals surface area contributed by atoms with Crippen LogP contribution in [-0.4, -0.2) is 68.8 Å². The van der Waals surface area contributed by atoms with E-state index in [1.807, 2.05) is 0 Å². The van der Waals surface area contributed by atoms with Crippen LogP contribution in [0.1, 0.15) is 16.8 Å². The van der Waals surface area contributed by atoms with Gasteiger partial charge in [-0.1, -0.05) is 0 Å². The Hall–Kier alpha value is -1.96. The van der Waals surface area contributed by atoms with Gasteiger partial charge in [-0.25, -0.2) is 0 Å². The minimum absolute atomic E-state index is 0.000249. The van der Waals surface area contributed by atoms with Gasteiger partial charge in [-0.2, -0.15) is 0 Å². The number of nitrogens with zero attached hydrogens (tertiary/aromatic N) is 1. The normalized spacial score (nSPS) is 21.3. The van der Waals surface area contributed by atoms with Crippen LogP contribution < -0.4 is 10.6 Å². The molecule has 2 fully saturated rings. The Balaban J connectivity index is 1.52. The summed E-state index contributed by atoms with van der Waals surface area (Å²) < 4.78 is 10.6. The molecule has 1 aromatic rings. The number of hydrogen-bond donors (Lipinski definition) is 2. The molecule has 0 saturated carbocycles. The minimum atomic E-state index is -0.0646. The van der Waals surface area contributed by atoms with E-state index in [4.69, 9.17) is 9.47 Å². The topological polar surface area (TPSA) is 79.9 Å². The van der Waals surface area contributed by atoms with Gasteiger partial charge < -0.3 is 25.0 Å². The van der Waals surface area contributed by atoms with Crippen molar-refractivity contribution in [3.63, 3.8) is 0 Å². The van der Waals surface area contributed by atoms with E-state index >= 15 is 0 Å². The minimum Gasteiger partial charge on any atom is -0.378 e. The maximum atomic E-state index is 12.4. The highest BCUT2D eigenvalue weighted by Crippen LogP contribution is 2.13. The number of morpholine rings is 2. The molecule has 2 amide bonds. The number of benzene rings is 1. The summed E-state index contributed by atoms with van der Waals surface area (Å²) in [5.74, 6) is -0.0648. The van der Waals surface area contributed by atoms with E-state index < -0.39 is 0 Å². The molecule has 24 heavy (non-hydrogen) atoms. The number of carbonyl (C=O) groups excluding carboxylic acids is 2. The molecule has 2 saturated heterocycles. The van der Waals surface area contributed by atoms with Gasteiger partial charge >= 0.3 is 0 Å². The fourth-order valence-electron chi connectivity index (χ4n) is 2.83. The number of amides is 2. The predicted molar refractivity (Wildman–Crippen MR) is 89.0 cm³/mol. The van der Waals surface area contributed by atoms with E-state index in [-0.39, 0.29) is 17.9 Å². The van der Waals surface area contributed by atoms with Crippen molar-refractivity contribution in [1.82, 2.24) is 10.2 Å². The highest BCUT2D eigenvalue weighted by molar-refractivity contribution is 5.96. The van der Waals surface area contributed by atoms with Crippen molar-refractivity contribution in [2.45, 2.75) is 12.5 Å². The molecule has 130 valence electrons. The molecule has 7 nitrogen and oxygen atoms in total. The van der Waals surface area contributed by atoms with Crippen LogP contribution in [0, 0.1) is 0 Å². The zero-order chi connectivity index (χ0) is 16.8. The van der Waals surface area contributed by atoms with Gasteiger partial charge in [0.25, 0.3) is 5.91 Å². The van der Waals surface area contributed by atoms with E-state index in [2.05, 4.69) is 10.6 Å². The lowest BCUT2D eigenvalue weighted by Gasteiger charge is -2.26. The fourth-order valence-corrected chi connectivity index (χ4v) is 2.83. The molecule has 2 aliphatic rings. The lowest BCUT2D eigenvalue weighted by molar-refractivity contribution is -0.117. The van der Waals surface area contributed by atoms with E-state index in [1.165, 1.54) is 0 Å². The predicted octanol–water partition coefficient (Wildman–Crippen LogP) is 0.476. The number of carbonyl (C=O) groups is 2. The molecule has 0 radical (unpaired) electrons. The van der Waals surface area contributed by atoms with Gasteiger partial charge in [0.2, 0.25) is 5.91 Å². The lowest BCUT2D eigenvalue weighted by atomic mass is 10.1. The SMILES string of the molecule is O=C(CC1COCCN1)Nc1ccc(C(=O)N2CCOCC2)cc1. The lowest BCUT2D eigenvalue weighted by Crippen LogP contribution is -2.43. The highest BCUT2D eigenvalue weighted by Gasteiger charge is 2.19. The second-order valence-corrected chi connectivity index (χ2v) is 5.96. The molecule has 1 aromatic carbocycles. The van der Waals surface area contributed by atoms with Crippen LogP contribution in [0.15, 0.2) is 24.3 Å². The smallest absolute Gasteiger partial charge is 0.254 e. The van der Waals surface area contributed by atoms with Gasteiger partial charge in [-0.05, 0) is 24.3 Å². The van der Waals surface area contributed by atoms with Crippen LogP contribution >= 0.6 is 0 Å². The summed E-state index contributed by atoms with van der Waals surface area (Å²) in [6.45, 7) is 4.42. The highest BCUT2D eigenvalue weighted by atomic mass is 16.5. The number of nitrogens with one attached hydrogen (secondary N) is 2. The standard InChI is InChI=1S/C17H23N3O4/c21-16(11-15-12-24-8-5-18-15)19-14-3-1-13(2-4-14)17(22)20-6-9-23-10-7-20/h1-4,15,18H,5-12H2,(H,19,21). The van der Waals surface area contributed by atoms with Crippen molar-refractivity contribution < 1.29 is 19.1 Å². The molecule has 2 aliphatic heterocycles. The Morgan fingerprint density at radius 3 is 2.54 bits per heavy atom. The van der Waals surface area contributed by atoms with Gasteiger partial charge in [0, 0.05) is 43.3 Å². The van der Waals surface area contributed by atoms with Crippen LogP contribution in [0.3, 0.4) is 0 Å². The van der Waals surface area contributed by atoms with Gasteiger partial charge in [0.05, 0.1) is 26.4 Å². The summed E-state index contributed by atoms with van der Waals surface area (Å²) in [7, 11) is 0. The summed E-state index contributed by atoms with van der Waals surface area (Å²) >= 11 is 0. The molecule has 3 rings (SSSR count). The first-order valence-electron chi connectivity index (χ1n) is 8.30. The van der Waals surface area contributed by atoms with Crippen LogP contribution in [0.2, 0.25) is 0 Å². The summed E-state index contributed by atoms with van der Waals surface area (Å²) in [5.41, 5.74) is 1.31. The second-order valence-electron chi connectivity index (χ2n) is 5.96. The molecular weight excluding hydrogens is 310 g/mol. The van der Waals surface area contributed by atoms with Gasteiger partial charge in [0.15, 0.2) is 0 Å². The Labute approximate surface area is 141 Å². The summed E-state index contributed by atoms with van der Waals surface area (Å²) in [6, 6.07) is 7.07. The Morgan fingerprint density at radius 1 is 1.12 bits per heavy atom. The third kappa shape index (κ3) is 4.53. The average molecular weight is 333 g/mol. The van der Waals surface area contributed by atoms with Crippen molar-refractivity contribution >= 4 is 17.5 Å². The van der Waals surface area contributed by atoms with Gasteiger partial charge in [0.1, 0.15) is 0 Å². The second kappa shape index (κ2) is 8.23. The fraction of sp³-hybridized carbons (Fsp3) is 0.529. The number of rotatable bonds is 4. The molecule has 0 aromatic heterocycles. The van der Waals surface area contributed by atoms with Crippen molar-refractivity contribution in [2.75, 3.05) is 51.4 Å². The maximum Gasteiger partial charge on any atom is 0.254 e. The van der Waals surface area contributed by atoms with E-state index in [9.17, 15) is 9.59 Å². The largest absolute Gasteiger partial charge is 0.378 e.